The summed E-state index contributed by atoms with van der Waals surface area (Å²) in [5.74, 6) is -0.0242. The van der Waals surface area contributed by atoms with Gasteiger partial charge in [0.25, 0.3) is 0 Å². The van der Waals surface area contributed by atoms with Crippen molar-refractivity contribution in [1.29, 1.82) is 0 Å². The van der Waals surface area contributed by atoms with Gasteiger partial charge in [-0.05, 0) is 12.1 Å². The maximum absolute atomic E-state index is 12.1. The van der Waals surface area contributed by atoms with E-state index in [-0.39, 0.29) is 11.9 Å². The predicted octanol–water partition coefficient (Wildman–Crippen LogP) is 2.51. The first-order valence-electron chi connectivity index (χ1n) is 6.40. The summed E-state index contributed by atoms with van der Waals surface area (Å²) in [5, 5.41) is 0. The number of alkyl halides is 3. The fourth-order valence-electron chi connectivity index (χ4n) is 2.13. The van der Waals surface area contributed by atoms with Gasteiger partial charge in [-0.15, -0.1) is 13.2 Å². The molecule has 1 heterocycles. The molecule has 2 N–H and O–H groups in total. The second-order valence-electron chi connectivity index (χ2n) is 4.67. The third-order valence-corrected chi connectivity index (χ3v) is 3.10. The summed E-state index contributed by atoms with van der Waals surface area (Å²) in [6.07, 6.45) is -3.74. The Morgan fingerprint density at radius 3 is 2.43 bits per heavy atom. The Hall–Kier alpha value is -2.12. The highest BCUT2D eigenvalue weighted by Gasteiger charge is 2.31. The number of piperidine rings is 1. The lowest BCUT2D eigenvalue weighted by molar-refractivity contribution is -0.274. The number of hydrogen-bond donors (Lipinski definition) is 1. The number of urea groups is 1. The maximum atomic E-state index is 12.1. The van der Waals surface area contributed by atoms with Gasteiger partial charge in [-0.3, -0.25) is 0 Å². The molecular weight excluding hydrogens is 289 g/mol. The molecule has 5 nitrogen and oxygen atoms in total. The zero-order valence-electron chi connectivity index (χ0n) is 11.1. The van der Waals surface area contributed by atoms with E-state index >= 15 is 0 Å². The molecule has 0 atom stereocenters. The largest absolute Gasteiger partial charge is 0.573 e. The molecule has 1 aromatic rings. The van der Waals surface area contributed by atoms with Crippen LogP contribution in [0.5, 0.6) is 11.5 Å². The number of carbonyl (C=O) groups is 1. The van der Waals surface area contributed by atoms with Gasteiger partial charge in [0, 0.05) is 32.0 Å². The third-order valence-electron chi connectivity index (χ3n) is 3.10. The number of benzene rings is 1. The summed E-state index contributed by atoms with van der Waals surface area (Å²) in [5.41, 5.74) is 5.17. The van der Waals surface area contributed by atoms with Crippen molar-refractivity contribution in [3.63, 3.8) is 0 Å². The smallest absolute Gasteiger partial charge is 0.490 e. The lowest BCUT2D eigenvalue weighted by atomic mass is 10.1. The molecule has 8 heteroatoms. The molecule has 0 bridgehead atoms. The zero-order valence-corrected chi connectivity index (χ0v) is 11.1. The Kier molecular flexibility index (Phi) is 4.44. The molecule has 0 unspecified atom stereocenters. The van der Waals surface area contributed by atoms with Gasteiger partial charge in [-0.2, -0.15) is 0 Å². The van der Waals surface area contributed by atoms with Crippen molar-refractivity contribution in [3.05, 3.63) is 24.3 Å². The van der Waals surface area contributed by atoms with E-state index in [1.165, 1.54) is 23.1 Å². The molecule has 1 aliphatic heterocycles. The van der Waals surface area contributed by atoms with Crippen LogP contribution in [0.2, 0.25) is 0 Å². The van der Waals surface area contributed by atoms with Crippen molar-refractivity contribution in [2.24, 2.45) is 5.73 Å². The third kappa shape index (κ3) is 4.73. The summed E-state index contributed by atoms with van der Waals surface area (Å²) in [6, 6.07) is 4.90. The topological polar surface area (TPSA) is 64.8 Å². The minimum atomic E-state index is -4.73. The number of halogens is 3. The van der Waals surface area contributed by atoms with Crippen LogP contribution in [0.1, 0.15) is 12.8 Å². The first kappa shape index (κ1) is 15.3. The number of ether oxygens (including phenoxy) is 2. The molecule has 1 aromatic carbocycles. The Balaban J connectivity index is 1.92. The highest BCUT2D eigenvalue weighted by molar-refractivity contribution is 5.72. The highest BCUT2D eigenvalue weighted by atomic mass is 19.4. The fraction of sp³-hybridized carbons (Fsp3) is 0.462. The minimum Gasteiger partial charge on any atom is -0.490 e. The van der Waals surface area contributed by atoms with Gasteiger partial charge < -0.3 is 20.1 Å². The number of carbonyl (C=O) groups excluding carboxylic acids is 1. The van der Waals surface area contributed by atoms with Crippen LogP contribution in [0.4, 0.5) is 18.0 Å². The standard InChI is InChI=1S/C13H15F3N2O3/c14-13(15,16)21-11-3-1-2-10(8-11)20-9-4-6-18(7-5-9)12(17)19/h1-3,8-9H,4-7H2,(H2,17,19). The average Bonchev–Trinajstić information content (AvgIpc) is 2.37. The Morgan fingerprint density at radius 2 is 1.86 bits per heavy atom. The van der Waals surface area contributed by atoms with Gasteiger partial charge in [0.05, 0.1) is 0 Å². The van der Waals surface area contributed by atoms with Crippen LogP contribution in [0.3, 0.4) is 0 Å². The van der Waals surface area contributed by atoms with E-state index in [0.29, 0.717) is 31.7 Å². The van der Waals surface area contributed by atoms with Gasteiger partial charge in [0.1, 0.15) is 17.6 Å². The van der Waals surface area contributed by atoms with Gasteiger partial charge >= 0.3 is 12.4 Å². The van der Waals surface area contributed by atoms with E-state index < -0.39 is 12.4 Å². The van der Waals surface area contributed by atoms with Crippen LogP contribution < -0.4 is 15.2 Å². The molecule has 1 fully saturated rings. The van der Waals surface area contributed by atoms with Crippen LogP contribution in [-0.2, 0) is 0 Å². The van der Waals surface area contributed by atoms with Crippen LogP contribution >= 0.6 is 0 Å². The van der Waals surface area contributed by atoms with E-state index in [1.807, 2.05) is 0 Å². The molecule has 2 rings (SSSR count). The predicted molar refractivity (Wildman–Crippen MR) is 67.9 cm³/mol. The first-order chi connectivity index (χ1) is 9.83. The molecule has 0 aromatic heterocycles. The molecule has 0 radical (unpaired) electrons. The maximum Gasteiger partial charge on any atom is 0.573 e. The fourth-order valence-corrected chi connectivity index (χ4v) is 2.13. The summed E-state index contributed by atoms with van der Waals surface area (Å²) in [7, 11) is 0. The van der Waals surface area contributed by atoms with Crippen LogP contribution in [0.25, 0.3) is 0 Å². The number of hydrogen-bond acceptors (Lipinski definition) is 3. The number of nitrogens with zero attached hydrogens (tertiary/aromatic N) is 1. The molecule has 2 amide bonds. The summed E-state index contributed by atoms with van der Waals surface area (Å²) < 4.78 is 45.9. The lowest BCUT2D eigenvalue weighted by Gasteiger charge is -2.31. The van der Waals surface area contributed by atoms with E-state index in [4.69, 9.17) is 10.5 Å². The Labute approximate surface area is 119 Å². The number of rotatable bonds is 3. The number of likely N-dealkylation sites (tertiary alicyclic amines) is 1. The van der Waals surface area contributed by atoms with E-state index in [1.54, 1.807) is 6.07 Å². The highest BCUT2D eigenvalue weighted by Crippen LogP contribution is 2.27. The van der Waals surface area contributed by atoms with Crippen molar-refractivity contribution in [2.45, 2.75) is 25.3 Å². The van der Waals surface area contributed by atoms with Gasteiger partial charge in [-0.25, -0.2) is 4.79 Å². The van der Waals surface area contributed by atoms with Crippen molar-refractivity contribution in [2.75, 3.05) is 13.1 Å². The zero-order chi connectivity index (χ0) is 15.5. The Morgan fingerprint density at radius 1 is 1.24 bits per heavy atom. The van der Waals surface area contributed by atoms with Crippen molar-refractivity contribution >= 4 is 6.03 Å². The van der Waals surface area contributed by atoms with Gasteiger partial charge in [0.2, 0.25) is 0 Å². The second-order valence-corrected chi connectivity index (χ2v) is 4.67. The van der Waals surface area contributed by atoms with Crippen LogP contribution in [0.15, 0.2) is 24.3 Å². The summed E-state index contributed by atoms with van der Waals surface area (Å²) >= 11 is 0. The molecular formula is C13H15F3N2O3. The van der Waals surface area contributed by atoms with Crippen molar-refractivity contribution < 1.29 is 27.4 Å². The quantitative estimate of drug-likeness (QED) is 0.933. The van der Waals surface area contributed by atoms with Crippen LogP contribution in [0, 0.1) is 0 Å². The Bertz CT molecular complexity index is 500. The van der Waals surface area contributed by atoms with Crippen LogP contribution in [-0.4, -0.2) is 36.5 Å². The monoisotopic (exact) mass is 304 g/mol. The molecule has 0 saturated carbocycles. The molecule has 1 saturated heterocycles. The first-order valence-corrected chi connectivity index (χ1v) is 6.40. The summed E-state index contributed by atoms with van der Waals surface area (Å²) in [6.45, 7) is 0.942. The van der Waals surface area contributed by atoms with E-state index in [2.05, 4.69) is 4.74 Å². The average molecular weight is 304 g/mol. The second kappa shape index (κ2) is 6.11. The van der Waals surface area contributed by atoms with Crippen molar-refractivity contribution in [1.82, 2.24) is 4.90 Å². The molecule has 0 aliphatic carbocycles. The minimum absolute atomic E-state index is 0.165. The van der Waals surface area contributed by atoms with E-state index in [0.717, 1.165) is 0 Å². The molecule has 116 valence electrons. The van der Waals surface area contributed by atoms with E-state index in [9.17, 15) is 18.0 Å². The molecule has 0 spiro atoms. The molecule has 21 heavy (non-hydrogen) atoms. The molecule has 1 aliphatic rings. The summed E-state index contributed by atoms with van der Waals surface area (Å²) in [4.78, 5) is 12.5. The van der Waals surface area contributed by atoms with Gasteiger partial charge in [-0.1, -0.05) is 6.07 Å². The number of primary amides is 1. The lowest BCUT2D eigenvalue weighted by Crippen LogP contribution is -2.44. The number of nitrogens with two attached hydrogens (primary N) is 1. The normalized spacial score (nSPS) is 16.6. The van der Waals surface area contributed by atoms with Crippen molar-refractivity contribution in [3.8, 4) is 11.5 Å². The number of amides is 2. The van der Waals surface area contributed by atoms with Gasteiger partial charge in [0.15, 0.2) is 0 Å². The SMILES string of the molecule is NC(=O)N1CCC(Oc2cccc(OC(F)(F)F)c2)CC1.